The first kappa shape index (κ1) is 25.8. The summed E-state index contributed by atoms with van der Waals surface area (Å²) in [6.45, 7) is -1.29. The quantitative estimate of drug-likeness (QED) is 0.372. The minimum atomic E-state index is -3.32. The molecule has 0 unspecified atom stereocenters. The van der Waals surface area contributed by atoms with Gasteiger partial charge in [0.1, 0.15) is 11.3 Å². The van der Waals surface area contributed by atoms with Crippen LogP contribution < -0.4 is 15.1 Å². The molecule has 0 amide bonds. The van der Waals surface area contributed by atoms with Gasteiger partial charge < -0.3 is 29.5 Å². The van der Waals surface area contributed by atoms with Crippen LogP contribution in [0.4, 0.5) is 18.9 Å². The maximum Gasteiger partial charge on any atom is 0.387 e. The molecule has 0 bridgehead atoms. The summed E-state index contributed by atoms with van der Waals surface area (Å²) >= 11 is 0. The topological polar surface area (TPSA) is 112 Å². The number of carboxylic acids is 1. The van der Waals surface area contributed by atoms with E-state index in [9.17, 15) is 28.6 Å². The highest BCUT2D eigenvalue weighted by Gasteiger charge is 2.32. The molecule has 1 heterocycles. The Balaban J connectivity index is 2.30. The van der Waals surface area contributed by atoms with E-state index in [4.69, 9.17) is 9.84 Å². The van der Waals surface area contributed by atoms with Gasteiger partial charge in [-0.25, -0.2) is 9.18 Å². The van der Waals surface area contributed by atoms with Crippen molar-refractivity contribution in [2.24, 2.45) is 5.92 Å². The van der Waals surface area contributed by atoms with Gasteiger partial charge in [0.25, 0.3) is 0 Å². The number of hydrogen-bond donors (Lipinski definition) is 3. The molecule has 1 aromatic carbocycles. The molecule has 3 N–H and O–H groups in total. The standard InChI is InChI=1S/C23H29F3N2O6/c1-13(6-9-30)11-27(7-2-3-8-29)19-17(24)10-15-18(21(19)34-23(25)26)28(14-4-5-14)12-16(20(15)31)22(32)33/h10,12-14,23,29-30H,2-9,11H2,1H3,(H,32,33)/t13-/m0/s1. The molecule has 1 aromatic heterocycles. The molecule has 34 heavy (non-hydrogen) atoms. The lowest BCUT2D eigenvalue weighted by atomic mass is 10.0. The first-order valence-corrected chi connectivity index (χ1v) is 11.3. The van der Waals surface area contributed by atoms with Crippen LogP contribution in [0.5, 0.6) is 5.75 Å². The number of aromatic carboxylic acids is 1. The lowest BCUT2D eigenvalue weighted by Crippen LogP contribution is -2.32. The SMILES string of the molecule is C[C@@H](CCO)CN(CCCCO)c1c(F)cc2c(=O)c(C(=O)O)cn(C3CC3)c2c1OC(F)F. The number of alkyl halides is 2. The second kappa shape index (κ2) is 11.1. The molecule has 188 valence electrons. The summed E-state index contributed by atoms with van der Waals surface area (Å²) in [6.07, 6.45) is 3.62. The number of unbranched alkanes of at least 4 members (excludes halogenated alkanes) is 1. The largest absolute Gasteiger partial charge is 0.477 e. The van der Waals surface area contributed by atoms with Crippen molar-refractivity contribution in [3.8, 4) is 5.75 Å². The zero-order chi connectivity index (χ0) is 25.0. The number of hydrogen-bond acceptors (Lipinski definition) is 6. The summed E-state index contributed by atoms with van der Waals surface area (Å²) in [5, 5.41) is 27.5. The molecule has 1 saturated carbocycles. The summed E-state index contributed by atoms with van der Waals surface area (Å²) < 4.78 is 48.9. The number of carboxylic acid groups (broad SMARTS) is 1. The number of benzene rings is 1. The number of aliphatic hydroxyl groups is 2. The molecule has 1 aliphatic carbocycles. The minimum absolute atomic E-state index is 0.0730. The van der Waals surface area contributed by atoms with E-state index in [2.05, 4.69) is 0 Å². The van der Waals surface area contributed by atoms with Crippen molar-refractivity contribution in [2.45, 2.75) is 51.7 Å². The second-order valence-corrected chi connectivity index (χ2v) is 8.62. The summed E-state index contributed by atoms with van der Waals surface area (Å²) in [5.41, 5.74) is -1.89. The monoisotopic (exact) mass is 486 g/mol. The Kier molecular flexibility index (Phi) is 8.42. The van der Waals surface area contributed by atoms with Crippen molar-refractivity contribution in [2.75, 3.05) is 31.2 Å². The van der Waals surface area contributed by atoms with Gasteiger partial charge in [-0.1, -0.05) is 6.92 Å². The van der Waals surface area contributed by atoms with Crippen molar-refractivity contribution >= 4 is 22.6 Å². The highest BCUT2D eigenvalue weighted by Crippen LogP contribution is 2.44. The van der Waals surface area contributed by atoms with Gasteiger partial charge in [0.05, 0.1) is 10.9 Å². The molecular weight excluding hydrogens is 457 g/mol. The Labute approximate surface area is 194 Å². The normalized spacial score (nSPS) is 14.6. The number of anilines is 1. The summed E-state index contributed by atoms with van der Waals surface area (Å²) in [7, 11) is 0. The van der Waals surface area contributed by atoms with Crippen molar-refractivity contribution < 1.29 is 38.0 Å². The van der Waals surface area contributed by atoms with Gasteiger partial charge in [-0.15, -0.1) is 0 Å². The van der Waals surface area contributed by atoms with Crippen LogP contribution >= 0.6 is 0 Å². The van der Waals surface area contributed by atoms with Crippen LogP contribution in [-0.2, 0) is 0 Å². The van der Waals surface area contributed by atoms with E-state index in [0.29, 0.717) is 32.1 Å². The van der Waals surface area contributed by atoms with Crippen molar-refractivity contribution in [1.29, 1.82) is 0 Å². The molecule has 3 rings (SSSR count). The fourth-order valence-electron chi connectivity index (χ4n) is 4.13. The molecular formula is C23H29F3N2O6. The Bertz CT molecular complexity index is 1090. The number of ether oxygens (including phenoxy) is 1. The Morgan fingerprint density at radius 1 is 1.26 bits per heavy atom. The predicted octanol–water partition coefficient (Wildman–Crippen LogP) is 3.37. The van der Waals surface area contributed by atoms with Crippen LogP contribution in [0, 0.1) is 11.7 Å². The van der Waals surface area contributed by atoms with E-state index < -0.39 is 35.1 Å². The number of fused-ring (bicyclic) bond motifs is 1. The van der Waals surface area contributed by atoms with E-state index in [1.807, 2.05) is 6.92 Å². The van der Waals surface area contributed by atoms with Gasteiger partial charge in [-0.05, 0) is 44.1 Å². The number of aromatic nitrogens is 1. The molecule has 0 spiro atoms. The molecule has 8 nitrogen and oxygen atoms in total. The van der Waals surface area contributed by atoms with E-state index in [-0.39, 0.29) is 54.9 Å². The molecule has 0 saturated heterocycles. The highest BCUT2D eigenvalue weighted by molar-refractivity contribution is 5.97. The zero-order valence-corrected chi connectivity index (χ0v) is 18.8. The van der Waals surface area contributed by atoms with E-state index in [1.54, 1.807) is 0 Å². The number of halogens is 3. The Morgan fingerprint density at radius 3 is 2.53 bits per heavy atom. The van der Waals surface area contributed by atoms with Gasteiger partial charge in [0.2, 0.25) is 5.43 Å². The van der Waals surface area contributed by atoms with E-state index in [1.165, 1.54) is 9.47 Å². The van der Waals surface area contributed by atoms with Gasteiger partial charge in [-0.3, -0.25) is 4.79 Å². The number of aliphatic hydroxyl groups excluding tert-OH is 2. The average Bonchev–Trinajstić information content (AvgIpc) is 3.59. The van der Waals surface area contributed by atoms with Crippen LogP contribution in [0.25, 0.3) is 10.9 Å². The highest BCUT2D eigenvalue weighted by atomic mass is 19.3. The Morgan fingerprint density at radius 2 is 1.97 bits per heavy atom. The van der Waals surface area contributed by atoms with Crippen LogP contribution in [0.3, 0.4) is 0 Å². The fraction of sp³-hybridized carbons (Fsp3) is 0.565. The van der Waals surface area contributed by atoms with Gasteiger partial charge in [-0.2, -0.15) is 8.78 Å². The minimum Gasteiger partial charge on any atom is -0.477 e. The molecule has 1 fully saturated rings. The summed E-state index contributed by atoms with van der Waals surface area (Å²) in [4.78, 5) is 26.0. The van der Waals surface area contributed by atoms with Gasteiger partial charge in [0.15, 0.2) is 11.6 Å². The first-order valence-electron chi connectivity index (χ1n) is 11.3. The molecule has 0 aliphatic heterocycles. The number of pyridine rings is 1. The van der Waals surface area contributed by atoms with E-state index in [0.717, 1.165) is 12.3 Å². The van der Waals surface area contributed by atoms with Crippen molar-refractivity contribution in [3.63, 3.8) is 0 Å². The van der Waals surface area contributed by atoms with Gasteiger partial charge in [0, 0.05) is 38.5 Å². The third-order valence-corrected chi connectivity index (χ3v) is 5.88. The lowest BCUT2D eigenvalue weighted by molar-refractivity contribution is -0.0488. The van der Waals surface area contributed by atoms with Crippen LogP contribution in [0.15, 0.2) is 17.1 Å². The van der Waals surface area contributed by atoms with E-state index >= 15 is 4.39 Å². The molecule has 0 radical (unpaired) electrons. The third kappa shape index (κ3) is 5.64. The Hall–Kier alpha value is -2.79. The molecule has 1 atom stereocenters. The summed E-state index contributed by atoms with van der Waals surface area (Å²) in [6, 6.07) is 0.655. The lowest BCUT2D eigenvalue weighted by Gasteiger charge is -2.31. The molecule has 11 heteroatoms. The zero-order valence-electron chi connectivity index (χ0n) is 18.8. The van der Waals surface area contributed by atoms with Crippen LogP contribution in [0.1, 0.15) is 55.4 Å². The number of nitrogens with zero attached hydrogens (tertiary/aromatic N) is 2. The maximum absolute atomic E-state index is 15.5. The number of carbonyl (C=O) groups is 1. The fourth-order valence-corrected chi connectivity index (χ4v) is 4.13. The molecule has 2 aromatic rings. The van der Waals surface area contributed by atoms with Crippen molar-refractivity contribution in [3.05, 3.63) is 33.9 Å². The maximum atomic E-state index is 15.5. The summed E-state index contributed by atoms with van der Waals surface area (Å²) in [5.74, 6) is -3.14. The average molecular weight is 486 g/mol. The third-order valence-electron chi connectivity index (χ3n) is 5.88. The van der Waals surface area contributed by atoms with Gasteiger partial charge >= 0.3 is 12.6 Å². The molecule has 1 aliphatic rings. The predicted molar refractivity (Wildman–Crippen MR) is 119 cm³/mol. The van der Waals surface area contributed by atoms with Crippen molar-refractivity contribution in [1.82, 2.24) is 4.57 Å². The van der Waals surface area contributed by atoms with Crippen LogP contribution in [0.2, 0.25) is 0 Å². The van der Waals surface area contributed by atoms with Crippen LogP contribution in [-0.4, -0.2) is 58.8 Å². The first-order chi connectivity index (χ1) is 16.2. The number of rotatable bonds is 13. The second-order valence-electron chi connectivity index (χ2n) is 8.62. The smallest absolute Gasteiger partial charge is 0.387 e.